The molecule has 0 saturated carbocycles. The maximum absolute atomic E-state index is 13.8. The number of rotatable bonds is 4. The standard InChI is InChI=1S/C12H10ClF6NO2/c1-2-22-10(21)11(15,16)9(20)7-5(12(17,18)19)3-4-6(13)8(7)14/h3-4,9H,2,20H2,1H3/t9-/m1/s1. The molecule has 0 aromatic heterocycles. The number of hydrogen-bond donors (Lipinski definition) is 1. The average Bonchev–Trinajstić information content (AvgIpc) is 2.39. The van der Waals surface area contributed by atoms with E-state index in [-0.39, 0.29) is 0 Å². The summed E-state index contributed by atoms with van der Waals surface area (Å²) in [6.45, 7) is 0.756. The van der Waals surface area contributed by atoms with Crippen molar-refractivity contribution >= 4 is 17.6 Å². The van der Waals surface area contributed by atoms with E-state index in [9.17, 15) is 31.1 Å². The summed E-state index contributed by atoms with van der Waals surface area (Å²) < 4.78 is 83.9. The molecule has 0 spiro atoms. The second-order valence-electron chi connectivity index (χ2n) is 4.14. The van der Waals surface area contributed by atoms with E-state index in [1.54, 1.807) is 0 Å². The van der Waals surface area contributed by atoms with Crippen molar-refractivity contribution in [2.45, 2.75) is 25.1 Å². The summed E-state index contributed by atoms with van der Waals surface area (Å²) in [7, 11) is 0. The maximum Gasteiger partial charge on any atom is 0.416 e. The molecule has 0 fully saturated rings. The summed E-state index contributed by atoms with van der Waals surface area (Å²) in [6.07, 6.45) is -5.16. The van der Waals surface area contributed by atoms with Crippen molar-refractivity contribution in [3.05, 3.63) is 34.1 Å². The van der Waals surface area contributed by atoms with Crippen LogP contribution in [-0.2, 0) is 15.7 Å². The van der Waals surface area contributed by atoms with Crippen molar-refractivity contribution in [3.8, 4) is 0 Å². The quantitative estimate of drug-likeness (QED) is 0.666. The van der Waals surface area contributed by atoms with Crippen LogP contribution in [0, 0.1) is 5.82 Å². The zero-order valence-corrected chi connectivity index (χ0v) is 11.7. The Morgan fingerprint density at radius 1 is 1.32 bits per heavy atom. The van der Waals surface area contributed by atoms with Crippen molar-refractivity contribution in [1.82, 2.24) is 0 Å². The van der Waals surface area contributed by atoms with Gasteiger partial charge in [-0.25, -0.2) is 9.18 Å². The van der Waals surface area contributed by atoms with Gasteiger partial charge in [-0.05, 0) is 19.1 Å². The smallest absolute Gasteiger partial charge is 0.416 e. The Bertz CT molecular complexity index is 575. The molecule has 1 aromatic rings. The molecule has 124 valence electrons. The van der Waals surface area contributed by atoms with Crippen LogP contribution in [0.5, 0.6) is 0 Å². The molecule has 0 aliphatic heterocycles. The molecule has 0 heterocycles. The van der Waals surface area contributed by atoms with Gasteiger partial charge in [-0.3, -0.25) is 0 Å². The van der Waals surface area contributed by atoms with E-state index < -0.39 is 52.7 Å². The van der Waals surface area contributed by atoms with E-state index in [4.69, 9.17) is 17.3 Å². The first kappa shape index (κ1) is 18.6. The summed E-state index contributed by atoms with van der Waals surface area (Å²) in [5.74, 6) is -8.50. The summed E-state index contributed by atoms with van der Waals surface area (Å²) >= 11 is 5.31. The lowest BCUT2D eigenvalue weighted by molar-refractivity contribution is -0.175. The molecular weight excluding hydrogens is 340 g/mol. The third kappa shape index (κ3) is 3.46. The van der Waals surface area contributed by atoms with E-state index in [0.29, 0.717) is 12.1 Å². The Hall–Kier alpha value is -1.48. The Balaban J connectivity index is 3.48. The Morgan fingerprint density at radius 3 is 2.32 bits per heavy atom. The van der Waals surface area contributed by atoms with Crippen LogP contribution < -0.4 is 5.73 Å². The molecule has 3 nitrogen and oxygen atoms in total. The molecule has 0 bridgehead atoms. The van der Waals surface area contributed by atoms with Gasteiger partial charge in [-0.15, -0.1) is 0 Å². The molecule has 10 heteroatoms. The van der Waals surface area contributed by atoms with Gasteiger partial charge < -0.3 is 10.5 Å². The van der Waals surface area contributed by atoms with Crippen LogP contribution in [0.2, 0.25) is 5.02 Å². The fraction of sp³-hybridized carbons (Fsp3) is 0.417. The number of ether oxygens (including phenoxy) is 1. The summed E-state index contributed by atoms with van der Waals surface area (Å²) in [6, 6.07) is -2.05. The number of carbonyl (C=O) groups excluding carboxylic acids is 1. The van der Waals surface area contributed by atoms with Gasteiger partial charge in [0.25, 0.3) is 0 Å². The fourth-order valence-electron chi connectivity index (χ4n) is 1.65. The molecule has 1 rings (SSSR count). The lowest BCUT2D eigenvalue weighted by atomic mass is 9.95. The fourth-order valence-corrected chi connectivity index (χ4v) is 1.82. The van der Waals surface area contributed by atoms with Crippen molar-refractivity contribution in [2.24, 2.45) is 5.73 Å². The zero-order chi connectivity index (χ0) is 17.3. The highest BCUT2D eigenvalue weighted by molar-refractivity contribution is 6.30. The minimum Gasteiger partial charge on any atom is -0.462 e. The van der Waals surface area contributed by atoms with E-state index in [0.717, 1.165) is 0 Å². The van der Waals surface area contributed by atoms with Crippen molar-refractivity contribution in [3.63, 3.8) is 0 Å². The van der Waals surface area contributed by atoms with Crippen LogP contribution in [0.3, 0.4) is 0 Å². The maximum atomic E-state index is 13.8. The number of alkyl halides is 5. The summed E-state index contributed by atoms with van der Waals surface area (Å²) in [5.41, 5.74) is 1.68. The number of halogens is 7. The highest BCUT2D eigenvalue weighted by Crippen LogP contribution is 2.41. The molecule has 0 aliphatic carbocycles. The van der Waals surface area contributed by atoms with Gasteiger partial charge in [0.2, 0.25) is 0 Å². The first-order chi connectivity index (χ1) is 9.94. The normalized spacial score (nSPS) is 13.9. The van der Waals surface area contributed by atoms with Gasteiger partial charge >= 0.3 is 18.1 Å². The Labute approximate surface area is 126 Å². The molecule has 0 amide bonds. The minimum absolute atomic E-state index is 0.307. The van der Waals surface area contributed by atoms with E-state index in [2.05, 4.69) is 4.74 Å². The molecule has 1 atom stereocenters. The molecule has 2 N–H and O–H groups in total. The van der Waals surface area contributed by atoms with Crippen LogP contribution >= 0.6 is 11.6 Å². The zero-order valence-electron chi connectivity index (χ0n) is 11.0. The topological polar surface area (TPSA) is 52.3 Å². The number of benzene rings is 1. The molecule has 0 unspecified atom stereocenters. The lowest BCUT2D eigenvalue weighted by Gasteiger charge is -2.25. The van der Waals surface area contributed by atoms with Crippen LogP contribution in [-0.4, -0.2) is 18.5 Å². The van der Waals surface area contributed by atoms with Crippen LogP contribution in [0.15, 0.2) is 12.1 Å². The molecular formula is C12H10ClF6NO2. The predicted molar refractivity (Wildman–Crippen MR) is 64.9 cm³/mol. The largest absolute Gasteiger partial charge is 0.462 e. The number of esters is 1. The second kappa shape index (κ2) is 6.33. The minimum atomic E-state index is -5.16. The predicted octanol–water partition coefficient (Wildman–Crippen LogP) is 3.70. The number of carbonyl (C=O) groups is 1. The average molecular weight is 350 g/mol. The van der Waals surface area contributed by atoms with Gasteiger partial charge in [0.15, 0.2) is 0 Å². The van der Waals surface area contributed by atoms with Gasteiger partial charge in [-0.1, -0.05) is 11.6 Å². The molecule has 0 radical (unpaired) electrons. The summed E-state index contributed by atoms with van der Waals surface area (Å²) in [5, 5.41) is -0.835. The van der Waals surface area contributed by atoms with Crippen molar-refractivity contribution in [2.75, 3.05) is 6.61 Å². The van der Waals surface area contributed by atoms with Gasteiger partial charge in [0.1, 0.15) is 11.9 Å². The first-order valence-corrected chi connectivity index (χ1v) is 6.18. The Kier molecular flexibility index (Phi) is 5.34. The molecule has 0 saturated heterocycles. The highest BCUT2D eigenvalue weighted by Gasteiger charge is 2.51. The Morgan fingerprint density at radius 2 is 1.86 bits per heavy atom. The van der Waals surface area contributed by atoms with Crippen LogP contribution in [0.25, 0.3) is 0 Å². The lowest BCUT2D eigenvalue weighted by Crippen LogP contribution is -2.43. The number of nitrogens with two attached hydrogens (primary N) is 1. The third-order valence-electron chi connectivity index (χ3n) is 2.69. The second-order valence-corrected chi connectivity index (χ2v) is 4.55. The van der Waals surface area contributed by atoms with Gasteiger partial charge in [0, 0.05) is 5.56 Å². The van der Waals surface area contributed by atoms with E-state index in [1.165, 1.54) is 6.92 Å². The van der Waals surface area contributed by atoms with E-state index in [1.807, 2.05) is 0 Å². The van der Waals surface area contributed by atoms with Crippen molar-refractivity contribution in [1.29, 1.82) is 0 Å². The van der Waals surface area contributed by atoms with Crippen molar-refractivity contribution < 1.29 is 35.9 Å². The van der Waals surface area contributed by atoms with Gasteiger partial charge in [-0.2, -0.15) is 22.0 Å². The molecule has 1 aromatic carbocycles. The summed E-state index contributed by atoms with van der Waals surface area (Å²) in [4.78, 5) is 11.1. The van der Waals surface area contributed by atoms with E-state index >= 15 is 0 Å². The molecule has 0 aliphatic rings. The highest BCUT2D eigenvalue weighted by atomic mass is 35.5. The van der Waals surface area contributed by atoms with Crippen LogP contribution in [0.1, 0.15) is 24.1 Å². The molecule has 22 heavy (non-hydrogen) atoms. The first-order valence-electron chi connectivity index (χ1n) is 5.80. The number of hydrogen-bond acceptors (Lipinski definition) is 3. The third-order valence-corrected chi connectivity index (χ3v) is 2.98. The monoisotopic (exact) mass is 349 g/mol. The van der Waals surface area contributed by atoms with Gasteiger partial charge in [0.05, 0.1) is 17.2 Å². The SMILES string of the molecule is CCOC(=O)C(F)(F)[C@H](N)c1c(C(F)(F)F)ccc(Cl)c1F. The van der Waals surface area contributed by atoms with Crippen LogP contribution in [0.4, 0.5) is 26.3 Å².